The number of aliphatic hydroxyl groups excluding tert-OH is 1. The lowest BCUT2D eigenvalue weighted by Gasteiger charge is -2.27. The van der Waals surface area contributed by atoms with Gasteiger partial charge in [0.15, 0.2) is 0 Å². The lowest BCUT2D eigenvalue weighted by atomic mass is 9.87. The maximum atomic E-state index is 11.9. The Hall–Kier alpha value is -0.650. The molecule has 1 heterocycles. The Morgan fingerprint density at radius 2 is 2.35 bits per heavy atom. The number of rotatable bonds is 3. The Morgan fingerprint density at radius 1 is 1.53 bits per heavy atom. The predicted molar refractivity (Wildman–Crippen MR) is 63.3 cm³/mol. The van der Waals surface area contributed by atoms with Crippen molar-refractivity contribution in [2.45, 2.75) is 43.7 Å². The summed E-state index contributed by atoms with van der Waals surface area (Å²) in [5, 5.41) is 12.4. The zero-order chi connectivity index (χ0) is 12.3. The molecular weight excluding hydrogens is 220 g/mol. The van der Waals surface area contributed by atoms with Crippen LogP contribution >= 0.6 is 0 Å². The van der Waals surface area contributed by atoms with Crippen molar-refractivity contribution in [2.24, 2.45) is 11.7 Å². The molecule has 2 aliphatic rings. The largest absolute Gasteiger partial charge is 0.393 e. The van der Waals surface area contributed by atoms with Gasteiger partial charge in [-0.3, -0.25) is 4.79 Å². The number of carbonyl (C=O) groups is 1. The molecule has 0 bridgehead atoms. The molecule has 0 aromatic carbocycles. The number of aliphatic hydroxyl groups is 1. The van der Waals surface area contributed by atoms with E-state index in [0.29, 0.717) is 32.1 Å². The molecule has 4 N–H and O–H groups in total. The van der Waals surface area contributed by atoms with Gasteiger partial charge in [0.1, 0.15) is 5.54 Å². The number of amides is 1. The molecule has 1 aliphatic heterocycles. The second kappa shape index (κ2) is 5.33. The first-order valence-electron chi connectivity index (χ1n) is 6.43. The smallest absolute Gasteiger partial charge is 0.242 e. The summed E-state index contributed by atoms with van der Waals surface area (Å²) in [4.78, 5) is 11.9. The topological polar surface area (TPSA) is 84.6 Å². The number of ether oxygens (including phenoxy) is 1. The zero-order valence-electron chi connectivity index (χ0n) is 10.2. The van der Waals surface area contributed by atoms with Crippen molar-refractivity contribution in [3.8, 4) is 0 Å². The molecule has 1 amide bonds. The van der Waals surface area contributed by atoms with E-state index in [4.69, 9.17) is 10.5 Å². The summed E-state index contributed by atoms with van der Waals surface area (Å²) in [5.41, 5.74) is 5.12. The minimum atomic E-state index is -0.840. The molecule has 2 rings (SSSR count). The molecule has 0 aromatic heterocycles. The van der Waals surface area contributed by atoms with E-state index in [9.17, 15) is 9.90 Å². The van der Waals surface area contributed by atoms with E-state index in [-0.39, 0.29) is 12.0 Å². The van der Waals surface area contributed by atoms with Crippen LogP contribution < -0.4 is 11.1 Å². The summed E-state index contributed by atoms with van der Waals surface area (Å²) in [7, 11) is 0. The van der Waals surface area contributed by atoms with Crippen LogP contribution in [-0.2, 0) is 9.53 Å². The van der Waals surface area contributed by atoms with Gasteiger partial charge in [0.05, 0.1) is 12.7 Å². The van der Waals surface area contributed by atoms with Crippen LogP contribution in [0.15, 0.2) is 0 Å². The molecule has 0 spiro atoms. The van der Waals surface area contributed by atoms with Crippen molar-refractivity contribution in [2.75, 3.05) is 19.8 Å². The highest BCUT2D eigenvalue weighted by atomic mass is 16.5. The van der Waals surface area contributed by atoms with Crippen LogP contribution in [0.3, 0.4) is 0 Å². The van der Waals surface area contributed by atoms with Gasteiger partial charge in [-0.05, 0) is 31.6 Å². The van der Waals surface area contributed by atoms with Gasteiger partial charge in [0.2, 0.25) is 5.91 Å². The second-order valence-corrected chi connectivity index (χ2v) is 5.36. The average molecular weight is 242 g/mol. The Kier molecular flexibility index (Phi) is 4.01. The number of nitrogens with one attached hydrogen (secondary N) is 1. The molecule has 5 heteroatoms. The number of hydrogen-bond donors (Lipinski definition) is 3. The first kappa shape index (κ1) is 12.8. The minimum Gasteiger partial charge on any atom is -0.393 e. The normalized spacial score (nSPS) is 38.0. The third kappa shape index (κ3) is 3.18. The van der Waals surface area contributed by atoms with Crippen LogP contribution in [0, 0.1) is 5.92 Å². The fraction of sp³-hybridized carbons (Fsp3) is 0.917. The van der Waals surface area contributed by atoms with Gasteiger partial charge in [-0.1, -0.05) is 6.42 Å². The molecule has 5 nitrogen and oxygen atoms in total. The van der Waals surface area contributed by atoms with E-state index in [1.165, 1.54) is 0 Å². The maximum absolute atomic E-state index is 11.9. The standard InChI is InChI=1S/C12H22N2O3/c13-12(4-5-17-8-12)11(16)14-7-9-2-1-3-10(15)6-9/h9-10,15H,1-8,13H2,(H,14,16). The van der Waals surface area contributed by atoms with E-state index < -0.39 is 5.54 Å². The van der Waals surface area contributed by atoms with Gasteiger partial charge in [0.25, 0.3) is 0 Å². The monoisotopic (exact) mass is 242 g/mol. The summed E-state index contributed by atoms with van der Waals surface area (Å²) in [5.74, 6) is 0.267. The Bertz CT molecular complexity index is 277. The fourth-order valence-corrected chi connectivity index (χ4v) is 2.62. The summed E-state index contributed by atoms with van der Waals surface area (Å²) in [6, 6.07) is 0. The van der Waals surface area contributed by atoms with Crippen molar-refractivity contribution < 1.29 is 14.6 Å². The molecule has 17 heavy (non-hydrogen) atoms. The van der Waals surface area contributed by atoms with Crippen LogP contribution in [0.5, 0.6) is 0 Å². The SMILES string of the molecule is NC1(C(=O)NCC2CCCC(O)C2)CCOC1. The lowest BCUT2D eigenvalue weighted by Crippen LogP contribution is -2.55. The predicted octanol–water partition coefficient (Wildman–Crippen LogP) is -0.229. The molecule has 0 radical (unpaired) electrons. The van der Waals surface area contributed by atoms with Crippen molar-refractivity contribution in [1.29, 1.82) is 0 Å². The zero-order valence-corrected chi connectivity index (χ0v) is 10.2. The van der Waals surface area contributed by atoms with Crippen molar-refractivity contribution in [1.82, 2.24) is 5.32 Å². The highest BCUT2D eigenvalue weighted by Crippen LogP contribution is 2.24. The molecule has 1 aliphatic carbocycles. The molecular formula is C12H22N2O3. The molecule has 0 aromatic rings. The summed E-state index contributed by atoms with van der Waals surface area (Å²) in [6.07, 6.45) is 4.18. The molecule has 3 atom stereocenters. The number of hydrogen-bond acceptors (Lipinski definition) is 4. The Morgan fingerprint density at radius 3 is 3.00 bits per heavy atom. The van der Waals surface area contributed by atoms with Crippen LogP contribution in [0.25, 0.3) is 0 Å². The summed E-state index contributed by atoms with van der Waals surface area (Å²) in [6.45, 7) is 1.49. The molecule has 1 saturated heterocycles. The quantitative estimate of drug-likeness (QED) is 0.638. The van der Waals surface area contributed by atoms with Crippen molar-refractivity contribution in [3.63, 3.8) is 0 Å². The maximum Gasteiger partial charge on any atom is 0.242 e. The van der Waals surface area contributed by atoms with E-state index in [1.54, 1.807) is 0 Å². The van der Waals surface area contributed by atoms with Gasteiger partial charge in [0, 0.05) is 13.2 Å². The summed E-state index contributed by atoms with van der Waals surface area (Å²) < 4.78 is 5.16. The molecule has 2 fully saturated rings. The van der Waals surface area contributed by atoms with Gasteiger partial charge >= 0.3 is 0 Å². The summed E-state index contributed by atoms with van der Waals surface area (Å²) >= 11 is 0. The van der Waals surface area contributed by atoms with Gasteiger partial charge < -0.3 is 20.9 Å². The van der Waals surface area contributed by atoms with E-state index in [2.05, 4.69) is 5.32 Å². The molecule has 98 valence electrons. The molecule has 3 unspecified atom stereocenters. The third-order valence-corrected chi connectivity index (χ3v) is 3.81. The van der Waals surface area contributed by atoms with E-state index >= 15 is 0 Å². The lowest BCUT2D eigenvalue weighted by molar-refractivity contribution is -0.126. The Balaban J connectivity index is 1.75. The van der Waals surface area contributed by atoms with Crippen molar-refractivity contribution >= 4 is 5.91 Å². The second-order valence-electron chi connectivity index (χ2n) is 5.36. The minimum absolute atomic E-state index is 0.116. The van der Waals surface area contributed by atoms with Crippen LogP contribution in [0.4, 0.5) is 0 Å². The first-order chi connectivity index (χ1) is 8.10. The molecule has 1 saturated carbocycles. The van der Waals surface area contributed by atoms with Crippen LogP contribution in [-0.4, -0.2) is 42.4 Å². The van der Waals surface area contributed by atoms with Crippen LogP contribution in [0.1, 0.15) is 32.1 Å². The highest BCUT2D eigenvalue weighted by Gasteiger charge is 2.38. The van der Waals surface area contributed by atoms with Gasteiger partial charge in [-0.2, -0.15) is 0 Å². The fourth-order valence-electron chi connectivity index (χ4n) is 2.62. The number of nitrogens with two attached hydrogens (primary N) is 1. The van der Waals surface area contributed by atoms with Crippen LogP contribution in [0.2, 0.25) is 0 Å². The average Bonchev–Trinajstić information content (AvgIpc) is 2.74. The van der Waals surface area contributed by atoms with Gasteiger partial charge in [-0.15, -0.1) is 0 Å². The number of carbonyl (C=O) groups excluding carboxylic acids is 1. The van der Waals surface area contributed by atoms with Gasteiger partial charge in [-0.25, -0.2) is 0 Å². The van der Waals surface area contributed by atoms with Crippen molar-refractivity contribution in [3.05, 3.63) is 0 Å². The van der Waals surface area contributed by atoms with E-state index in [0.717, 1.165) is 25.7 Å². The first-order valence-corrected chi connectivity index (χ1v) is 6.43. The Labute approximate surface area is 102 Å². The third-order valence-electron chi connectivity index (χ3n) is 3.81. The van der Waals surface area contributed by atoms with E-state index in [1.807, 2.05) is 0 Å². The highest BCUT2D eigenvalue weighted by molar-refractivity contribution is 5.86.